The second-order valence-corrected chi connectivity index (χ2v) is 5.01. The highest BCUT2D eigenvalue weighted by molar-refractivity contribution is 9.10. The molecule has 0 bridgehead atoms. The predicted octanol–water partition coefficient (Wildman–Crippen LogP) is 3.26. The van der Waals surface area contributed by atoms with Gasteiger partial charge in [0, 0.05) is 23.2 Å². The molecule has 90 valence electrons. The van der Waals surface area contributed by atoms with Crippen LogP contribution in [0, 0.1) is 0 Å². The van der Waals surface area contributed by atoms with Crippen molar-refractivity contribution in [3.8, 4) is 0 Å². The van der Waals surface area contributed by atoms with Crippen molar-refractivity contribution in [3.63, 3.8) is 0 Å². The van der Waals surface area contributed by atoms with Crippen molar-refractivity contribution in [1.29, 1.82) is 0 Å². The van der Waals surface area contributed by atoms with Gasteiger partial charge in [0.05, 0.1) is 0 Å². The van der Waals surface area contributed by atoms with E-state index in [0.717, 1.165) is 17.3 Å². The minimum Gasteiger partial charge on any atom is -0.396 e. The van der Waals surface area contributed by atoms with E-state index in [2.05, 4.69) is 59.4 Å². The normalized spacial score (nSPS) is 14.8. The first-order chi connectivity index (χ1) is 7.67. The number of rotatable bonds is 6. The van der Waals surface area contributed by atoms with E-state index < -0.39 is 0 Å². The van der Waals surface area contributed by atoms with E-state index in [1.807, 2.05) is 0 Å². The van der Waals surface area contributed by atoms with Crippen LogP contribution in [-0.4, -0.2) is 17.8 Å². The third-order valence-corrected chi connectivity index (χ3v) is 3.26. The molecule has 16 heavy (non-hydrogen) atoms. The van der Waals surface area contributed by atoms with Crippen molar-refractivity contribution in [2.75, 3.05) is 6.61 Å². The second-order valence-electron chi connectivity index (χ2n) is 4.09. The van der Waals surface area contributed by atoms with Gasteiger partial charge in [0.15, 0.2) is 0 Å². The fraction of sp³-hybridized carbons (Fsp3) is 0.538. The number of aliphatic hydroxyl groups excluding tert-OH is 1. The maximum Gasteiger partial charge on any atom is 0.0445 e. The van der Waals surface area contributed by atoms with Gasteiger partial charge in [0.2, 0.25) is 0 Å². The fourth-order valence-corrected chi connectivity index (χ4v) is 2.03. The highest BCUT2D eigenvalue weighted by Gasteiger charge is 2.11. The van der Waals surface area contributed by atoms with Gasteiger partial charge >= 0.3 is 0 Å². The van der Waals surface area contributed by atoms with E-state index in [1.165, 1.54) is 5.56 Å². The molecule has 0 heterocycles. The van der Waals surface area contributed by atoms with Crippen molar-refractivity contribution >= 4 is 15.9 Å². The summed E-state index contributed by atoms with van der Waals surface area (Å²) in [7, 11) is 0. The van der Waals surface area contributed by atoms with Crippen LogP contribution in [0.3, 0.4) is 0 Å². The van der Waals surface area contributed by atoms with E-state index in [9.17, 15) is 0 Å². The summed E-state index contributed by atoms with van der Waals surface area (Å²) in [5, 5.41) is 12.4. The van der Waals surface area contributed by atoms with Crippen LogP contribution in [0.2, 0.25) is 0 Å². The zero-order valence-corrected chi connectivity index (χ0v) is 11.5. The average molecular weight is 286 g/mol. The Morgan fingerprint density at radius 2 is 1.94 bits per heavy atom. The van der Waals surface area contributed by atoms with Crippen molar-refractivity contribution in [3.05, 3.63) is 34.3 Å². The molecular formula is C13H20BrNO. The van der Waals surface area contributed by atoms with Gasteiger partial charge < -0.3 is 10.4 Å². The largest absolute Gasteiger partial charge is 0.396 e. The Labute approximate surface area is 106 Å². The maximum absolute atomic E-state index is 8.88. The molecule has 1 aromatic carbocycles. The van der Waals surface area contributed by atoms with Gasteiger partial charge in [-0.1, -0.05) is 35.0 Å². The zero-order valence-electron chi connectivity index (χ0n) is 9.91. The molecule has 1 rings (SSSR count). The smallest absolute Gasteiger partial charge is 0.0445 e. The molecule has 0 aliphatic carbocycles. The second kappa shape index (κ2) is 7.05. The van der Waals surface area contributed by atoms with Gasteiger partial charge in [-0.15, -0.1) is 0 Å². The fourth-order valence-electron chi connectivity index (χ4n) is 1.77. The monoisotopic (exact) mass is 285 g/mol. The molecule has 0 saturated carbocycles. The Bertz CT molecular complexity index is 299. The van der Waals surface area contributed by atoms with Crippen molar-refractivity contribution < 1.29 is 5.11 Å². The summed E-state index contributed by atoms with van der Waals surface area (Å²) in [6, 6.07) is 9.12. The summed E-state index contributed by atoms with van der Waals surface area (Å²) in [6.07, 6.45) is 1.85. The summed E-state index contributed by atoms with van der Waals surface area (Å²) in [6.45, 7) is 4.52. The van der Waals surface area contributed by atoms with E-state index in [1.54, 1.807) is 0 Å². The lowest BCUT2D eigenvalue weighted by Gasteiger charge is -2.22. The molecular weight excluding hydrogens is 266 g/mol. The first kappa shape index (κ1) is 13.7. The molecule has 0 spiro atoms. The number of halogens is 1. The summed E-state index contributed by atoms with van der Waals surface area (Å²) >= 11 is 3.44. The van der Waals surface area contributed by atoms with Crippen LogP contribution >= 0.6 is 15.9 Å². The molecule has 1 unspecified atom stereocenters. The van der Waals surface area contributed by atoms with E-state index in [0.29, 0.717) is 12.1 Å². The Hall–Kier alpha value is -0.380. The molecule has 0 aliphatic rings. The molecule has 0 aliphatic heterocycles. The summed E-state index contributed by atoms with van der Waals surface area (Å²) in [5.41, 5.74) is 1.30. The summed E-state index contributed by atoms with van der Waals surface area (Å²) in [4.78, 5) is 0. The zero-order chi connectivity index (χ0) is 12.0. The topological polar surface area (TPSA) is 32.3 Å². The van der Waals surface area contributed by atoms with Gasteiger partial charge in [0.1, 0.15) is 0 Å². The Morgan fingerprint density at radius 3 is 2.44 bits per heavy atom. The van der Waals surface area contributed by atoms with Crippen LogP contribution in [0.25, 0.3) is 0 Å². The Kier molecular flexibility index (Phi) is 6.03. The van der Waals surface area contributed by atoms with Gasteiger partial charge in [-0.2, -0.15) is 0 Å². The van der Waals surface area contributed by atoms with Crippen LogP contribution in [-0.2, 0) is 0 Å². The van der Waals surface area contributed by atoms with Gasteiger partial charge in [-0.05, 0) is 37.5 Å². The summed E-state index contributed by atoms with van der Waals surface area (Å²) in [5.74, 6) is 0. The van der Waals surface area contributed by atoms with Gasteiger partial charge in [0.25, 0.3) is 0 Å². The predicted molar refractivity (Wildman–Crippen MR) is 71.5 cm³/mol. The average Bonchev–Trinajstić information content (AvgIpc) is 2.27. The molecule has 2 atom stereocenters. The molecule has 0 aromatic heterocycles. The first-order valence-corrected chi connectivity index (χ1v) is 6.59. The van der Waals surface area contributed by atoms with E-state index >= 15 is 0 Å². The first-order valence-electron chi connectivity index (χ1n) is 5.79. The van der Waals surface area contributed by atoms with Crippen LogP contribution in [0.5, 0.6) is 0 Å². The highest BCUT2D eigenvalue weighted by Crippen LogP contribution is 2.20. The minimum atomic E-state index is 0.241. The maximum atomic E-state index is 8.88. The highest BCUT2D eigenvalue weighted by atomic mass is 79.9. The molecule has 1 aromatic rings. The number of aliphatic hydroxyl groups is 1. The molecule has 0 saturated heterocycles. The molecule has 2 nitrogen and oxygen atoms in total. The van der Waals surface area contributed by atoms with E-state index in [4.69, 9.17) is 5.11 Å². The lowest BCUT2D eigenvalue weighted by Crippen LogP contribution is -2.30. The Balaban J connectivity index is 2.63. The Morgan fingerprint density at radius 1 is 1.31 bits per heavy atom. The lowest BCUT2D eigenvalue weighted by atomic mass is 10.0. The van der Waals surface area contributed by atoms with Crippen molar-refractivity contribution in [2.45, 2.75) is 38.8 Å². The third kappa shape index (κ3) is 4.24. The third-order valence-electron chi connectivity index (χ3n) is 2.73. The quantitative estimate of drug-likeness (QED) is 0.841. The molecule has 0 amide bonds. The van der Waals surface area contributed by atoms with Gasteiger partial charge in [-0.25, -0.2) is 0 Å². The number of hydrogen-bond donors (Lipinski definition) is 2. The van der Waals surface area contributed by atoms with Crippen molar-refractivity contribution in [2.24, 2.45) is 0 Å². The SMILES string of the molecule is CCC(N[C@H](C)CCO)c1ccc(Br)cc1. The number of hydrogen-bond acceptors (Lipinski definition) is 2. The van der Waals surface area contributed by atoms with Crippen LogP contribution < -0.4 is 5.32 Å². The molecule has 2 N–H and O–H groups in total. The van der Waals surface area contributed by atoms with Gasteiger partial charge in [-0.3, -0.25) is 0 Å². The summed E-state index contributed by atoms with van der Waals surface area (Å²) < 4.78 is 1.11. The number of nitrogens with one attached hydrogen (secondary N) is 1. The van der Waals surface area contributed by atoms with Crippen molar-refractivity contribution in [1.82, 2.24) is 5.32 Å². The molecule has 3 heteroatoms. The van der Waals surface area contributed by atoms with E-state index in [-0.39, 0.29) is 6.61 Å². The number of benzene rings is 1. The van der Waals surface area contributed by atoms with Crippen LogP contribution in [0.15, 0.2) is 28.7 Å². The standard InChI is InChI=1S/C13H20BrNO/c1-3-13(15-10(2)8-9-16)11-4-6-12(14)7-5-11/h4-7,10,13,15-16H,3,8-9H2,1-2H3/t10-,13?/m1/s1. The van der Waals surface area contributed by atoms with Crippen LogP contribution in [0.1, 0.15) is 38.3 Å². The van der Waals surface area contributed by atoms with Crippen LogP contribution in [0.4, 0.5) is 0 Å². The lowest BCUT2D eigenvalue weighted by molar-refractivity contribution is 0.262. The molecule has 0 radical (unpaired) electrons. The minimum absolute atomic E-state index is 0.241. The molecule has 0 fully saturated rings.